The zero-order valence-corrected chi connectivity index (χ0v) is 16.5. The van der Waals surface area contributed by atoms with Gasteiger partial charge in [0.25, 0.3) is 5.91 Å². The van der Waals surface area contributed by atoms with Crippen LogP contribution in [0.2, 0.25) is 5.02 Å². The van der Waals surface area contributed by atoms with Crippen LogP contribution in [-0.4, -0.2) is 15.7 Å². The highest BCUT2D eigenvalue weighted by Crippen LogP contribution is 2.22. The Morgan fingerprint density at radius 3 is 2.61 bits per heavy atom. The molecule has 0 aliphatic carbocycles. The molecule has 0 bridgehead atoms. The number of aryl methyl sites for hydroxylation is 1. The van der Waals surface area contributed by atoms with Crippen LogP contribution in [0.1, 0.15) is 45.8 Å². The molecule has 0 radical (unpaired) electrons. The van der Waals surface area contributed by atoms with E-state index in [9.17, 15) is 13.6 Å². The van der Waals surface area contributed by atoms with E-state index in [2.05, 4.69) is 10.4 Å². The highest BCUT2D eigenvalue weighted by molar-refractivity contribution is 6.31. The van der Waals surface area contributed by atoms with Crippen LogP contribution in [0, 0.1) is 25.5 Å². The fourth-order valence-electron chi connectivity index (χ4n) is 3.17. The van der Waals surface area contributed by atoms with Gasteiger partial charge in [0.05, 0.1) is 23.8 Å². The number of rotatable bonds is 5. The summed E-state index contributed by atoms with van der Waals surface area (Å²) in [5.74, 6) is -1.72. The summed E-state index contributed by atoms with van der Waals surface area (Å²) >= 11 is 6.22. The molecule has 0 saturated heterocycles. The highest BCUT2D eigenvalue weighted by Gasteiger charge is 2.22. The van der Waals surface area contributed by atoms with Crippen molar-refractivity contribution in [3.05, 3.63) is 87.2 Å². The fraction of sp³-hybridized carbons (Fsp3) is 0.238. The number of carbonyl (C=O) groups is 1. The lowest BCUT2D eigenvalue weighted by atomic mass is 10.1. The Hall–Kier alpha value is -2.73. The molecule has 1 atom stereocenters. The van der Waals surface area contributed by atoms with Gasteiger partial charge in [-0.15, -0.1) is 0 Å². The third-order valence-corrected chi connectivity index (χ3v) is 5.03. The molecule has 0 spiro atoms. The molecular weight excluding hydrogens is 384 g/mol. The third kappa shape index (κ3) is 4.07. The molecule has 146 valence electrons. The SMILES string of the molecule is Cc1nn(Cc2ccccc2Cl)c(C)c1C(=O)NC(C)c1ccc(F)cc1F. The van der Waals surface area contributed by atoms with Gasteiger partial charge in [0.2, 0.25) is 0 Å². The minimum Gasteiger partial charge on any atom is -0.345 e. The minimum atomic E-state index is -0.698. The Morgan fingerprint density at radius 2 is 1.93 bits per heavy atom. The molecule has 0 saturated carbocycles. The third-order valence-electron chi connectivity index (χ3n) is 4.66. The molecule has 1 aromatic heterocycles. The minimum absolute atomic E-state index is 0.216. The molecule has 0 aliphatic heterocycles. The molecule has 4 nitrogen and oxygen atoms in total. The van der Waals surface area contributed by atoms with Crippen molar-refractivity contribution in [3.8, 4) is 0 Å². The van der Waals surface area contributed by atoms with E-state index in [1.54, 1.807) is 31.5 Å². The lowest BCUT2D eigenvalue weighted by molar-refractivity contribution is 0.0938. The number of nitrogens with zero attached hydrogens (tertiary/aromatic N) is 2. The summed E-state index contributed by atoms with van der Waals surface area (Å²) in [7, 11) is 0. The molecule has 3 rings (SSSR count). The Balaban J connectivity index is 1.82. The van der Waals surface area contributed by atoms with Crippen LogP contribution in [-0.2, 0) is 6.54 Å². The van der Waals surface area contributed by atoms with Crippen molar-refractivity contribution in [1.82, 2.24) is 15.1 Å². The number of hydrogen-bond acceptors (Lipinski definition) is 2. The Labute approximate surface area is 167 Å². The van der Waals surface area contributed by atoms with E-state index in [1.807, 2.05) is 18.2 Å². The highest BCUT2D eigenvalue weighted by atomic mass is 35.5. The van der Waals surface area contributed by atoms with Gasteiger partial charge in [0, 0.05) is 22.3 Å². The zero-order chi connectivity index (χ0) is 20.4. The first kappa shape index (κ1) is 20.0. The van der Waals surface area contributed by atoms with Crippen LogP contribution in [0.25, 0.3) is 0 Å². The lowest BCUT2D eigenvalue weighted by Crippen LogP contribution is -2.28. The van der Waals surface area contributed by atoms with Gasteiger partial charge in [-0.2, -0.15) is 5.10 Å². The van der Waals surface area contributed by atoms with Crippen molar-refractivity contribution in [1.29, 1.82) is 0 Å². The van der Waals surface area contributed by atoms with Crippen LogP contribution < -0.4 is 5.32 Å². The second kappa shape index (κ2) is 8.10. The van der Waals surface area contributed by atoms with Crippen LogP contribution in [0.15, 0.2) is 42.5 Å². The number of aromatic nitrogens is 2. The maximum Gasteiger partial charge on any atom is 0.255 e. The van der Waals surface area contributed by atoms with Crippen molar-refractivity contribution in [3.63, 3.8) is 0 Å². The number of benzene rings is 2. The van der Waals surface area contributed by atoms with E-state index in [4.69, 9.17) is 11.6 Å². The van der Waals surface area contributed by atoms with Gasteiger partial charge >= 0.3 is 0 Å². The summed E-state index contributed by atoms with van der Waals surface area (Å²) in [5, 5.41) is 7.84. The average molecular weight is 404 g/mol. The van der Waals surface area contributed by atoms with Gasteiger partial charge in [-0.25, -0.2) is 8.78 Å². The van der Waals surface area contributed by atoms with Gasteiger partial charge < -0.3 is 5.32 Å². The Bertz CT molecular complexity index is 1030. The number of carbonyl (C=O) groups excluding carboxylic acids is 1. The molecule has 28 heavy (non-hydrogen) atoms. The van der Waals surface area contributed by atoms with Crippen molar-refractivity contribution < 1.29 is 13.6 Å². The van der Waals surface area contributed by atoms with Crippen LogP contribution in [0.4, 0.5) is 8.78 Å². The standard InChI is InChI=1S/C21H20ClF2N3O/c1-12(17-9-8-16(23)10-19(17)24)25-21(28)20-13(2)26-27(14(20)3)11-15-6-4-5-7-18(15)22/h4-10,12H,11H2,1-3H3,(H,25,28). The lowest BCUT2D eigenvalue weighted by Gasteiger charge is -2.15. The normalized spacial score (nSPS) is 12.1. The van der Waals surface area contributed by atoms with E-state index >= 15 is 0 Å². The molecule has 1 unspecified atom stereocenters. The summed E-state index contributed by atoms with van der Waals surface area (Å²) in [6.45, 7) is 5.62. The molecule has 7 heteroatoms. The topological polar surface area (TPSA) is 46.9 Å². The monoisotopic (exact) mass is 403 g/mol. The largest absolute Gasteiger partial charge is 0.345 e. The van der Waals surface area contributed by atoms with E-state index in [1.165, 1.54) is 12.1 Å². The van der Waals surface area contributed by atoms with Crippen molar-refractivity contribution in [2.75, 3.05) is 0 Å². The molecule has 2 aromatic carbocycles. The molecule has 1 heterocycles. The molecule has 3 aromatic rings. The van der Waals surface area contributed by atoms with Gasteiger partial charge in [-0.1, -0.05) is 35.9 Å². The zero-order valence-electron chi connectivity index (χ0n) is 15.8. The number of amides is 1. The van der Waals surface area contributed by atoms with Crippen molar-refractivity contribution in [2.45, 2.75) is 33.4 Å². The molecular formula is C21H20ClF2N3O. The predicted molar refractivity (Wildman–Crippen MR) is 104 cm³/mol. The summed E-state index contributed by atoms with van der Waals surface area (Å²) in [6.07, 6.45) is 0. The number of nitrogens with one attached hydrogen (secondary N) is 1. The Kier molecular flexibility index (Phi) is 5.79. The number of halogens is 3. The number of hydrogen-bond donors (Lipinski definition) is 1. The predicted octanol–water partition coefficient (Wildman–Crippen LogP) is 4.97. The van der Waals surface area contributed by atoms with Gasteiger partial charge in [-0.05, 0) is 38.5 Å². The first-order valence-electron chi connectivity index (χ1n) is 8.81. The second-order valence-electron chi connectivity index (χ2n) is 6.66. The molecule has 1 amide bonds. The van der Waals surface area contributed by atoms with E-state index in [-0.39, 0.29) is 11.5 Å². The fourth-order valence-corrected chi connectivity index (χ4v) is 3.36. The van der Waals surface area contributed by atoms with Crippen LogP contribution in [0.3, 0.4) is 0 Å². The van der Waals surface area contributed by atoms with Crippen molar-refractivity contribution in [2.24, 2.45) is 0 Å². The summed E-state index contributed by atoms with van der Waals surface area (Å²) in [5.41, 5.74) is 2.79. The summed E-state index contributed by atoms with van der Waals surface area (Å²) < 4.78 is 28.8. The van der Waals surface area contributed by atoms with Crippen LogP contribution in [0.5, 0.6) is 0 Å². The van der Waals surface area contributed by atoms with E-state index < -0.39 is 17.7 Å². The maximum absolute atomic E-state index is 14.0. The second-order valence-corrected chi connectivity index (χ2v) is 7.06. The van der Waals surface area contributed by atoms with Gasteiger partial charge in [0.1, 0.15) is 11.6 Å². The molecule has 1 N–H and O–H groups in total. The van der Waals surface area contributed by atoms with E-state index in [0.29, 0.717) is 28.5 Å². The first-order valence-corrected chi connectivity index (χ1v) is 9.19. The average Bonchev–Trinajstić information content (AvgIpc) is 2.90. The van der Waals surface area contributed by atoms with E-state index in [0.717, 1.165) is 11.6 Å². The first-order chi connectivity index (χ1) is 13.3. The summed E-state index contributed by atoms with van der Waals surface area (Å²) in [6, 6.07) is 10.1. The quantitative estimate of drug-likeness (QED) is 0.653. The summed E-state index contributed by atoms with van der Waals surface area (Å²) in [4.78, 5) is 12.8. The van der Waals surface area contributed by atoms with Crippen molar-refractivity contribution >= 4 is 17.5 Å². The van der Waals surface area contributed by atoms with Gasteiger partial charge in [-0.3, -0.25) is 9.48 Å². The smallest absolute Gasteiger partial charge is 0.255 e. The maximum atomic E-state index is 14.0. The van der Waals surface area contributed by atoms with Gasteiger partial charge in [0.15, 0.2) is 0 Å². The molecule has 0 aliphatic rings. The van der Waals surface area contributed by atoms with Crippen LogP contribution >= 0.6 is 11.6 Å². The molecule has 0 fully saturated rings. The Morgan fingerprint density at radius 1 is 1.21 bits per heavy atom.